The molecule has 0 aliphatic rings. The molecular formula is C20H24N4O2S2. The lowest BCUT2D eigenvalue weighted by atomic mass is 10.1. The molecule has 6 nitrogen and oxygen atoms in total. The number of nitrogens with zero attached hydrogens (tertiary/aromatic N) is 4. The van der Waals surface area contributed by atoms with Crippen LogP contribution in [-0.4, -0.2) is 44.5 Å². The van der Waals surface area contributed by atoms with Gasteiger partial charge in [0.2, 0.25) is 5.91 Å². The zero-order valence-corrected chi connectivity index (χ0v) is 17.9. The SMILES string of the molecule is COc1ccc(CN(C(=O)CSc2nncn2C)[C@@H](C)Cc2cccs2)cc1. The summed E-state index contributed by atoms with van der Waals surface area (Å²) in [5.74, 6) is 1.23. The molecule has 0 saturated heterocycles. The number of aryl methyl sites for hydroxylation is 1. The van der Waals surface area contributed by atoms with E-state index in [1.54, 1.807) is 24.8 Å². The van der Waals surface area contributed by atoms with Gasteiger partial charge in [0.15, 0.2) is 5.16 Å². The first kappa shape index (κ1) is 20.4. The third kappa shape index (κ3) is 5.36. The highest BCUT2D eigenvalue weighted by Crippen LogP contribution is 2.21. The second-order valence-corrected chi connectivity index (χ2v) is 8.49. The monoisotopic (exact) mass is 416 g/mol. The number of hydrogen-bond acceptors (Lipinski definition) is 6. The van der Waals surface area contributed by atoms with Crippen molar-refractivity contribution in [2.24, 2.45) is 7.05 Å². The van der Waals surface area contributed by atoms with E-state index in [2.05, 4.69) is 28.6 Å². The summed E-state index contributed by atoms with van der Waals surface area (Å²) in [5, 5.41) is 10.7. The molecule has 1 amide bonds. The zero-order valence-electron chi connectivity index (χ0n) is 16.2. The van der Waals surface area contributed by atoms with E-state index in [-0.39, 0.29) is 11.9 Å². The van der Waals surface area contributed by atoms with Gasteiger partial charge in [-0.2, -0.15) is 0 Å². The molecule has 8 heteroatoms. The highest BCUT2D eigenvalue weighted by atomic mass is 32.2. The number of amides is 1. The molecule has 0 unspecified atom stereocenters. The van der Waals surface area contributed by atoms with Gasteiger partial charge in [0, 0.05) is 30.9 Å². The highest BCUT2D eigenvalue weighted by molar-refractivity contribution is 7.99. The normalized spacial score (nSPS) is 12.0. The van der Waals surface area contributed by atoms with Gasteiger partial charge in [-0.3, -0.25) is 4.79 Å². The lowest BCUT2D eigenvalue weighted by molar-refractivity contribution is -0.131. The minimum absolute atomic E-state index is 0.0906. The molecule has 2 heterocycles. The number of carbonyl (C=O) groups is 1. The van der Waals surface area contributed by atoms with E-state index in [4.69, 9.17) is 4.74 Å². The van der Waals surface area contributed by atoms with Crippen LogP contribution >= 0.6 is 23.1 Å². The number of carbonyl (C=O) groups excluding carboxylic acids is 1. The van der Waals surface area contributed by atoms with Gasteiger partial charge < -0.3 is 14.2 Å². The summed E-state index contributed by atoms with van der Waals surface area (Å²) in [6.45, 7) is 2.67. The molecule has 3 rings (SSSR count). The van der Waals surface area contributed by atoms with Crippen LogP contribution in [0, 0.1) is 0 Å². The van der Waals surface area contributed by atoms with Crippen molar-refractivity contribution in [1.82, 2.24) is 19.7 Å². The van der Waals surface area contributed by atoms with Gasteiger partial charge >= 0.3 is 0 Å². The fraction of sp³-hybridized carbons (Fsp3) is 0.350. The van der Waals surface area contributed by atoms with Gasteiger partial charge in [-0.15, -0.1) is 21.5 Å². The molecule has 1 aromatic carbocycles. The molecule has 0 aliphatic heterocycles. The molecule has 3 aromatic rings. The van der Waals surface area contributed by atoms with E-state index in [9.17, 15) is 4.79 Å². The fourth-order valence-corrected chi connectivity index (χ4v) is 4.46. The Balaban J connectivity index is 1.71. The molecule has 2 aromatic heterocycles. The minimum atomic E-state index is 0.0906. The van der Waals surface area contributed by atoms with E-state index >= 15 is 0 Å². The largest absolute Gasteiger partial charge is 0.497 e. The van der Waals surface area contributed by atoms with Crippen LogP contribution in [0.1, 0.15) is 17.4 Å². The number of benzene rings is 1. The second-order valence-electron chi connectivity index (χ2n) is 6.52. The first-order valence-electron chi connectivity index (χ1n) is 8.98. The molecule has 0 N–H and O–H groups in total. The molecular weight excluding hydrogens is 392 g/mol. The highest BCUT2D eigenvalue weighted by Gasteiger charge is 2.22. The Hall–Kier alpha value is -2.32. The van der Waals surface area contributed by atoms with E-state index in [0.717, 1.165) is 22.9 Å². The van der Waals surface area contributed by atoms with E-state index < -0.39 is 0 Å². The third-order valence-corrected chi connectivity index (χ3v) is 6.35. The molecule has 1 atom stereocenters. The number of aromatic nitrogens is 3. The van der Waals surface area contributed by atoms with Crippen molar-refractivity contribution in [1.29, 1.82) is 0 Å². The molecule has 0 aliphatic carbocycles. The Bertz CT molecular complexity index is 878. The summed E-state index contributed by atoms with van der Waals surface area (Å²) in [7, 11) is 3.53. The van der Waals surface area contributed by atoms with E-state index in [1.165, 1.54) is 16.6 Å². The standard InChI is InChI=1S/C20H24N4O2S2/c1-15(11-18-5-4-10-27-18)24(12-16-6-8-17(26-3)9-7-16)19(25)13-28-20-22-21-14-23(20)2/h4-10,14-15H,11-13H2,1-3H3/t15-/m0/s1. The Kier molecular flexibility index (Phi) is 7.11. The van der Waals surface area contributed by atoms with Crippen molar-refractivity contribution < 1.29 is 9.53 Å². The van der Waals surface area contributed by atoms with Crippen molar-refractivity contribution in [2.45, 2.75) is 31.1 Å². The third-order valence-electron chi connectivity index (χ3n) is 4.44. The summed E-state index contributed by atoms with van der Waals surface area (Å²) >= 11 is 3.14. The molecule has 0 spiro atoms. The van der Waals surface area contributed by atoms with Crippen molar-refractivity contribution in [3.05, 3.63) is 58.5 Å². The summed E-state index contributed by atoms with van der Waals surface area (Å²) in [6.07, 6.45) is 2.48. The van der Waals surface area contributed by atoms with Crippen LogP contribution in [0.2, 0.25) is 0 Å². The van der Waals surface area contributed by atoms with Crippen LogP contribution in [0.5, 0.6) is 5.75 Å². The van der Waals surface area contributed by atoms with E-state index in [0.29, 0.717) is 12.3 Å². The molecule has 0 fully saturated rings. The Labute approximate surface area is 173 Å². The number of thiophene rings is 1. The molecule has 148 valence electrons. The maximum absolute atomic E-state index is 13.1. The van der Waals surface area contributed by atoms with Crippen LogP contribution in [0.15, 0.2) is 53.3 Å². The van der Waals surface area contributed by atoms with Crippen LogP contribution < -0.4 is 4.74 Å². The maximum atomic E-state index is 13.1. The smallest absolute Gasteiger partial charge is 0.233 e. The predicted octanol–water partition coefficient (Wildman–Crippen LogP) is 3.64. The van der Waals surface area contributed by atoms with Gasteiger partial charge in [0.1, 0.15) is 12.1 Å². The number of ether oxygens (including phenoxy) is 1. The van der Waals surface area contributed by atoms with Crippen molar-refractivity contribution in [2.75, 3.05) is 12.9 Å². The first-order valence-corrected chi connectivity index (χ1v) is 10.8. The van der Waals surface area contributed by atoms with E-state index in [1.807, 2.05) is 46.8 Å². The molecule has 0 bridgehead atoms. The minimum Gasteiger partial charge on any atom is -0.497 e. The Morgan fingerprint density at radius 1 is 1.32 bits per heavy atom. The number of methoxy groups -OCH3 is 1. The number of thioether (sulfide) groups is 1. The first-order chi connectivity index (χ1) is 13.6. The van der Waals surface area contributed by atoms with Gasteiger partial charge in [-0.25, -0.2) is 0 Å². The van der Waals surface area contributed by atoms with Crippen LogP contribution in [0.25, 0.3) is 0 Å². The van der Waals surface area contributed by atoms with Gasteiger partial charge in [0.25, 0.3) is 0 Å². The van der Waals surface area contributed by atoms with Crippen molar-refractivity contribution in [3.8, 4) is 5.75 Å². The Morgan fingerprint density at radius 2 is 2.11 bits per heavy atom. The number of rotatable bonds is 9. The van der Waals surface area contributed by atoms with Gasteiger partial charge in [0.05, 0.1) is 12.9 Å². The van der Waals surface area contributed by atoms with Crippen LogP contribution in [-0.2, 0) is 24.8 Å². The summed E-state index contributed by atoms with van der Waals surface area (Å²) in [5.41, 5.74) is 1.08. The summed E-state index contributed by atoms with van der Waals surface area (Å²) in [4.78, 5) is 16.3. The summed E-state index contributed by atoms with van der Waals surface area (Å²) in [6, 6.07) is 12.1. The Morgan fingerprint density at radius 3 is 2.71 bits per heavy atom. The van der Waals surface area contributed by atoms with Gasteiger partial charge in [-0.1, -0.05) is 30.0 Å². The van der Waals surface area contributed by atoms with Crippen LogP contribution in [0.3, 0.4) is 0 Å². The summed E-state index contributed by atoms with van der Waals surface area (Å²) < 4.78 is 7.05. The zero-order chi connectivity index (χ0) is 19.9. The lowest BCUT2D eigenvalue weighted by Gasteiger charge is -2.29. The molecule has 0 saturated carbocycles. The van der Waals surface area contributed by atoms with Crippen LogP contribution in [0.4, 0.5) is 0 Å². The fourth-order valence-electron chi connectivity index (χ4n) is 2.86. The molecule has 28 heavy (non-hydrogen) atoms. The average Bonchev–Trinajstić information content (AvgIpc) is 3.36. The van der Waals surface area contributed by atoms with Crippen molar-refractivity contribution in [3.63, 3.8) is 0 Å². The quantitative estimate of drug-likeness (QED) is 0.499. The lowest BCUT2D eigenvalue weighted by Crippen LogP contribution is -2.40. The number of hydrogen-bond donors (Lipinski definition) is 0. The average molecular weight is 417 g/mol. The van der Waals surface area contributed by atoms with Crippen molar-refractivity contribution >= 4 is 29.0 Å². The second kappa shape index (κ2) is 9.75. The maximum Gasteiger partial charge on any atom is 0.233 e. The van der Waals surface area contributed by atoms with Gasteiger partial charge in [-0.05, 0) is 36.1 Å². The molecule has 0 radical (unpaired) electrons. The predicted molar refractivity (Wildman–Crippen MR) is 113 cm³/mol. The topological polar surface area (TPSA) is 60.2 Å².